The molecule has 1 aromatic heterocycles. The molecule has 2 aromatic carbocycles. The third kappa shape index (κ3) is 3.12. The first kappa shape index (κ1) is 16.2. The summed E-state index contributed by atoms with van der Waals surface area (Å²) in [7, 11) is 0. The monoisotopic (exact) mass is 453 g/mol. The average molecular weight is 454 g/mol. The first-order valence-corrected chi connectivity index (χ1v) is 9.35. The zero-order chi connectivity index (χ0) is 16.5. The topological polar surface area (TPSA) is 30.3 Å². The highest BCUT2D eigenvalue weighted by atomic mass is 127. The fourth-order valence-corrected chi connectivity index (χ4v) is 4.09. The third-order valence-electron chi connectivity index (χ3n) is 4.35. The van der Waals surface area contributed by atoms with Crippen LogP contribution >= 0.6 is 34.5 Å². The van der Waals surface area contributed by atoms with Gasteiger partial charge in [-0.05, 0) is 49.2 Å². The Labute approximate surface area is 159 Å². The lowest BCUT2D eigenvalue weighted by atomic mass is 10.2. The first-order valence-electron chi connectivity index (χ1n) is 8.01. The molecule has 1 aliphatic heterocycles. The SMILES string of the molecule is Clc1c2ccccc2nn1-c1ccc(OCC2CCCN2I)cc1. The van der Waals surface area contributed by atoms with E-state index in [4.69, 9.17) is 16.3 Å². The van der Waals surface area contributed by atoms with Crippen molar-refractivity contribution in [2.45, 2.75) is 18.9 Å². The molecule has 0 radical (unpaired) electrons. The highest BCUT2D eigenvalue weighted by molar-refractivity contribution is 14.1. The van der Waals surface area contributed by atoms with Gasteiger partial charge >= 0.3 is 0 Å². The Balaban J connectivity index is 1.51. The maximum absolute atomic E-state index is 6.46. The quantitative estimate of drug-likeness (QED) is 0.417. The van der Waals surface area contributed by atoms with Crippen LogP contribution in [0.2, 0.25) is 5.15 Å². The smallest absolute Gasteiger partial charge is 0.140 e. The van der Waals surface area contributed by atoms with Crippen LogP contribution in [-0.2, 0) is 0 Å². The molecule has 3 aromatic rings. The van der Waals surface area contributed by atoms with Crippen molar-refractivity contribution in [2.24, 2.45) is 0 Å². The number of aromatic nitrogens is 2. The largest absolute Gasteiger partial charge is 0.492 e. The summed E-state index contributed by atoms with van der Waals surface area (Å²) >= 11 is 8.84. The number of hydrogen-bond donors (Lipinski definition) is 0. The zero-order valence-corrected chi connectivity index (χ0v) is 15.9. The molecule has 4 rings (SSSR count). The summed E-state index contributed by atoms with van der Waals surface area (Å²) in [4.78, 5) is 0. The van der Waals surface area contributed by atoms with Crippen molar-refractivity contribution in [3.8, 4) is 11.4 Å². The van der Waals surface area contributed by atoms with Crippen molar-refractivity contribution in [3.63, 3.8) is 0 Å². The van der Waals surface area contributed by atoms with Gasteiger partial charge in [0.05, 0.1) is 17.2 Å². The van der Waals surface area contributed by atoms with Gasteiger partial charge in [0.15, 0.2) is 0 Å². The van der Waals surface area contributed by atoms with Crippen molar-refractivity contribution in [1.82, 2.24) is 12.9 Å². The standard InChI is InChI=1S/C18H17ClIN3O/c19-18-16-5-1-2-6-17(16)21-23(18)13-7-9-15(10-8-13)24-12-14-4-3-11-22(14)20/h1-2,5-10,14H,3-4,11-12H2. The van der Waals surface area contributed by atoms with Crippen LogP contribution in [0.15, 0.2) is 48.5 Å². The normalized spacial score (nSPS) is 18.3. The Morgan fingerprint density at radius 1 is 1.17 bits per heavy atom. The van der Waals surface area contributed by atoms with Gasteiger partial charge in [0.25, 0.3) is 0 Å². The first-order chi connectivity index (χ1) is 11.7. The number of hydrogen-bond acceptors (Lipinski definition) is 3. The molecule has 0 bridgehead atoms. The van der Waals surface area contributed by atoms with E-state index in [1.165, 1.54) is 12.8 Å². The van der Waals surface area contributed by atoms with Crippen LogP contribution in [0.3, 0.4) is 0 Å². The molecule has 0 saturated carbocycles. The van der Waals surface area contributed by atoms with Gasteiger partial charge in [-0.25, -0.2) is 7.80 Å². The Morgan fingerprint density at radius 3 is 2.67 bits per heavy atom. The van der Waals surface area contributed by atoms with E-state index in [-0.39, 0.29) is 0 Å². The van der Waals surface area contributed by atoms with Crippen molar-refractivity contribution in [3.05, 3.63) is 53.7 Å². The number of rotatable bonds is 4. The number of benzene rings is 2. The van der Waals surface area contributed by atoms with Crippen LogP contribution in [0.4, 0.5) is 0 Å². The minimum atomic E-state index is 0.510. The molecule has 0 spiro atoms. The van der Waals surface area contributed by atoms with E-state index in [0.29, 0.717) is 11.2 Å². The summed E-state index contributed by atoms with van der Waals surface area (Å²) in [6, 6.07) is 16.3. The van der Waals surface area contributed by atoms with Gasteiger partial charge in [-0.1, -0.05) is 23.7 Å². The van der Waals surface area contributed by atoms with Crippen LogP contribution < -0.4 is 4.74 Å². The fourth-order valence-electron chi connectivity index (χ4n) is 3.01. The summed E-state index contributed by atoms with van der Waals surface area (Å²) in [5.41, 5.74) is 1.83. The van der Waals surface area contributed by atoms with E-state index in [1.54, 1.807) is 4.68 Å². The van der Waals surface area contributed by atoms with E-state index in [2.05, 4.69) is 31.1 Å². The number of ether oxygens (including phenoxy) is 1. The fraction of sp³-hybridized carbons (Fsp3) is 0.278. The number of nitrogens with zero attached hydrogens (tertiary/aromatic N) is 3. The van der Waals surface area contributed by atoms with Crippen LogP contribution in [0, 0.1) is 0 Å². The van der Waals surface area contributed by atoms with Gasteiger partial charge in [0, 0.05) is 34.8 Å². The lowest BCUT2D eigenvalue weighted by molar-refractivity contribution is 0.249. The van der Waals surface area contributed by atoms with Gasteiger partial charge < -0.3 is 4.74 Å². The summed E-state index contributed by atoms with van der Waals surface area (Å²) in [6.07, 6.45) is 2.46. The second-order valence-corrected chi connectivity index (χ2v) is 7.54. The maximum Gasteiger partial charge on any atom is 0.140 e. The highest BCUT2D eigenvalue weighted by Gasteiger charge is 2.22. The summed E-state index contributed by atoms with van der Waals surface area (Å²) in [5, 5.41) is 6.16. The van der Waals surface area contributed by atoms with Gasteiger partial charge in [0.1, 0.15) is 17.5 Å². The molecule has 6 heteroatoms. The molecule has 1 unspecified atom stereocenters. The Hall–Kier alpha value is -1.31. The van der Waals surface area contributed by atoms with Crippen LogP contribution in [-0.4, -0.2) is 32.1 Å². The predicted octanol–water partition coefficient (Wildman–Crippen LogP) is 4.87. The summed E-state index contributed by atoms with van der Waals surface area (Å²) in [5.74, 6) is 0.878. The van der Waals surface area contributed by atoms with Crippen molar-refractivity contribution < 1.29 is 4.74 Å². The minimum absolute atomic E-state index is 0.510. The van der Waals surface area contributed by atoms with Crippen molar-refractivity contribution in [2.75, 3.05) is 13.2 Å². The second kappa shape index (κ2) is 6.90. The van der Waals surface area contributed by atoms with Gasteiger partial charge in [-0.2, -0.15) is 5.10 Å². The van der Waals surface area contributed by atoms with E-state index in [1.807, 2.05) is 48.5 Å². The Morgan fingerprint density at radius 2 is 1.96 bits per heavy atom. The molecule has 0 amide bonds. The number of halogens is 2. The van der Waals surface area contributed by atoms with Crippen molar-refractivity contribution >= 4 is 45.4 Å². The lowest BCUT2D eigenvalue weighted by Gasteiger charge is -2.17. The molecule has 2 heterocycles. The van der Waals surface area contributed by atoms with Crippen LogP contribution in [0.1, 0.15) is 12.8 Å². The lowest BCUT2D eigenvalue weighted by Crippen LogP contribution is -2.26. The summed E-state index contributed by atoms with van der Waals surface area (Å²) in [6.45, 7) is 1.88. The molecule has 0 aliphatic carbocycles. The Bertz CT molecular complexity index is 849. The van der Waals surface area contributed by atoms with E-state index < -0.39 is 0 Å². The van der Waals surface area contributed by atoms with Gasteiger partial charge in [-0.15, -0.1) is 0 Å². The molecule has 4 nitrogen and oxygen atoms in total. The molecule has 1 saturated heterocycles. The second-order valence-electron chi connectivity index (χ2n) is 5.94. The number of fused-ring (bicyclic) bond motifs is 1. The summed E-state index contributed by atoms with van der Waals surface area (Å²) < 4.78 is 10.0. The molecular formula is C18H17ClIN3O. The van der Waals surface area contributed by atoms with E-state index in [9.17, 15) is 0 Å². The molecule has 24 heavy (non-hydrogen) atoms. The molecule has 124 valence electrons. The molecule has 1 aliphatic rings. The van der Waals surface area contributed by atoms with Crippen LogP contribution in [0.5, 0.6) is 5.75 Å². The van der Waals surface area contributed by atoms with Crippen LogP contribution in [0.25, 0.3) is 16.6 Å². The minimum Gasteiger partial charge on any atom is -0.492 e. The van der Waals surface area contributed by atoms with Crippen molar-refractivity contribution in [1.29, 1.82) is 0 Å². The average Bonchev–Trinajstić information content (AvgIpc) is 3.17. The zero-order valence-electron chi connectivity index (χ0n) is 13.0. The molecule has 1 fully saturated rings. The third-order valence-corrected chi connectivity index (χ3v) is 5.98. The van der Waals surface area contributed by atoms with E-state index >= 15 is 0 Å². The molecule has 0 N–H and O–H groups in total. The van der Waals surface area contributed by atoms with Gasteiger partial charge in [0.2, 0.25) is 0 Å². The molecular weight excluding hydrogens is 437 g/mol. The molecule has 1 atom stereocenters. The van der Waals surface area contributed by atoms with E-state index in [0.717, 1.165) is 35.5 Å². The maximum atomic E-state index is 6.46. The van der Waals surface area contributed by atoms with Gasteiger partial charge in [-0.3, -0.25) is 0 Å². The highest BCUT2D eigenvalue weighted by Crippen LogP contribution is 2.27. The predicted molar refractivity (Wildman–Crippen MR) is 105 cm³/mol. The Kier molecular flexibility index (Phi) is 4.65.